The maximum Gasteiger partial charge on any atom is 0.302 e. The molecular weight excluding hydrogens is 384 g/mol. The van der Waals surface area contributed by atoms with Crippen molar-refractivity contribution < 1.29 is 19.1 Å². The van der Waals surface area contributed by atoms with E-state index in [2.05, 4.69) is 10.3 Å². The average molecular weight is 409 g/mol. The molecule has 1 heterocycles. The second-order valence-electron chi connectivity index (χ2n) is 6.55. The number of carbonyl (C=O) groups is 2. The van der Waals surface area contributed by atoms with Gasteiger partial charge in [0.25, 0.3) is 0 Å². The topological polar surface area (TPSA) is 77.5 Å². The van der Waals surface area contributed by atoms with Crippen molar-refractivity contribution in [2.45, 2.75) is 43.1 Å². The lowest BCUT2D eigenvalue weighted by Crippen LogP contribution is -2.29. The maximum absolute atomic E-state index is 12.5. The molecule has 1 aromatic heterocycles. The molecule has 1 aliphatic rings. The first kappa shape index (κ1) is 20.1. The standard InChI is InChI=1S/C19H24N2O4S2/c1-12(22)25-9-10-26-19-21-16-8-5-14(11-17(16)27-19)20-18(23)13-3-6-15(24-2)7-4-13/h5,8,11,13,15H,3-4,6-7,9-10H2,1-2H3,(H,20,23). The molecule has 0 aliphatic heterocycles. The molecule has 1 aromatic carbocycles. The second kappa shape index (κ2) is 9.52. The molecule has 1 N–H and O–H groups in total. The lowest BCUT2D eigenvalue weighted by molar-refractivity contribution is -0.140. The quantitative estimate of drug-likeness (QED) is 0.422. The summed E-state index contributed by atoms with van der Waals surface area (Å²) in [5, 5.41) is 3.05. The van der Waals surface area contributed by atoms with Crippen molar-refractivity contribution in [2.24, 2.45) is 5.92 Å². The van der Waals surface area contributed by atoms with Gasteiger partial charge in [-0.05, 0) is 43.9 Å². The highest BCUT2D eigenvalue weighted by Crippen LogP contribution is 2.32. The monoisotopic (exact) mass is 408 g/mol. The minimum Gasteiger partial charge on any atom is -0.465 e. The van der Waals surface area contributed by atoms with Crippen LogP contribution in [0.5, 0.6) is 0 Å². The summed E-state index contributed by atoms with van der Waals surface area (Å²) in [5.41, 5.74) is 1.72. The third-order valence-corrected chi connectivity index (χ3v) is 6.75. The predicted octanol–water partition coefficient (Wildman–Crippen LogP) is 4.10. The van der Waals surface area contributed by atoms with Crippen LogP contribution >= 0.6 is 23.1 Å². The SMILES string of the molecule is COC1CCC(C(=O)Nc2ccc3nc(SCCOC(C)=O)sc3c2)CC1. The Morgan fingerprint density at radius 3 is 2.78 bits per heavy atom. The summed E-state index contributed by atoms with van der Waals surface area (Å²) in [7, 11) is 1.73. The number of nitrogens with one attached hydrogen (secondary N) is 1. The zero-order chi connectivity index (χ0) is 19.2. The number of fused-ring (bicyclic) bond motifs is 1. The lowest BCUT2D eigenvalue weighted by atomic mass is 9.87. The number of hydrogen-bond donors (Lipinski definition) is 1. The summed E-state index contributed by atoms with van der Waals surface area (Å²) in [4.78, 5) is 27.9. The molecule has 8 heteroatoms. The van der Waals surface area contributed by atoms with Gasteiger partial charge in [-0.1, -0.05) is 11.8 Å². The molecule has 2 aromatic rings. The Balaban J connectivity index is 1.56. The summed E-state index contributed by atoms with van der Waals surface area (Å²) in [5.74, 6) is 0.550. The van der Waals surface area contributed by atoms with E-state index in [0.717, 1.165) is 45.9 Å². The highest BCUT2D eigenvalue weighted by atomic mass is 32.2. The molecule has 0 spiro atoms. The molecule has 27 heavy (non-hydrogen) atoms. The van der Waals surface area contributed by atoms with Crippen LogP contribution in [0.4, 0.5) is 5.69 Å². The Bertz CT molecular complexity index is 800. The number of thiazole rings is 1. The van der Waals surface area contributed by atoms with Gasteiger partial charge in [0.05, 0.1) is 16.3 Å². The van der Waals surface area contributed by atoms with Crippen LogP contribution in [0, 0.1) is 5.92 Å². The molecular formula is C19H24N2O4S2. The van der Waals surface area contributed by atoms with Gasteiger partial charge in [0, 0.05) is 31.4 Å². The minimum atomic E-state index is -0.268. The first-order valence-electron chi connectivity index (χ1n) is 9.05. The molecule has 1 fully saturated rings. The van der Waals surface area contributed by atoms with Gasteiger partial charge in [-0.2, -0.15) is 0 Å². The lowest BCUT2D eigenvalue weighted by Gasteiger charge is -2.26. The van der Waals surface area contributed by atoms with Crippen molar-refractivity contribution in [2.75, 3.05) is 24.8 Å². The molecule has 0 unspecified atom stereocenters. The van der Waals surface area contributed by atoms with Crippen molar-refractivity contribution in [3.8, 4) is 0 Å². The second-order valence-corrected chi connectivity index (χ2v) is 8.92. The predicted molar refractivity (Wildman–Crippen MR) is 108 cm³/mol. The number of esters is 1. The maximum atomic E-state index is 12.5. The normalized spacial score (nSPS) is 19.8. The number of aromatic nitrogens is 1. The summed E-state index contributed by atoms with van der Waals surface area (Å²) in [6.07, 6.45) is 3.92. The van der Waals surface area contributed by atoms with Crippen LogP contribution in [0.25, 0.3) is 10.2 Å². The van der Waals surface area contributed by atoms with E-state index in [1.54, 1.807) is 30.2 Å². The van der Waals surface area contributed by atoms with Crippen molar-refractivity contribution in [1.82, 2.24) is 4.98 Å². The van der Waals surface area contributed by atoms with E-state index in [9.17, 15) is 9.59 Å². The number of nitrogens with zero attached hydrogens (tertiary/aromatic N) is 1. The van der Waals surface area contributed by atoms with Crippen LogP contribution in [0.1, 0.15) is 32.6 Å². The Morgan fingerprint density at radius 1 is 1.30 bits per heavy atom. The molecule has 1 saturated carbocycles. The molecule has 0 atom stereocenters. The van der Waals surface area contributed by atoms with Gasteiger partial charge in [-0.25, -0.2) is 4.98 Å². The number of anilines is 1. The molecule has 0 saturated heterocycles. The first-order valence-corrected chi connectivity index (χ1v) is 10.9. The third kappa shape index (κ3) is 5.67. The Labute approximate surface area is 167 Å². The Kier molecular flexibility index (Phi) is 7.09. The van der Waals surface area contributed by atoms with E-state index >= 15 is 0 Å². The summed E-state index contributed by atoms with van der Waals surface area (Å²) in [6.45, 7) is 1.78. The third-order valence-electron chi connectivity index (χ3n) is 4.63. The number of ether oxygens (including phenoxy) is 2. The minimum absolute atomic E-state index is 0.0564. The fourth-order valence-corrected chi connectivity index (χ4v) is 5.16. The summed E-state index contributed by atoms with van der Waals surface area (Å²) < 4.78 is 12.3. The highest BCUT2D eigenvalue weighted by Gasteiger charge is 2.26. The highest BCUT2D eigenvalue weighted by molar-refractivity contribution is 8.01. The Hall–Kier alpha value is -1.64. The molecule has 1 amide bonds. The largest absolute Gasteiger partial charge is 0.465 e. The summed E-state index contributed by atoms with van der Waals surface area (Å²) >= 11 is 3.14. The number of thioether (sulfide) groups is 1. The van der Waals surface area contributed by atoms with Crippen LogP contribution in [-0.2, 0) is 19.1 Å². The molecule has 0 radical (unpaired) electrons. The molecule has 6 nitrogen and oxygen atoms in total. The number of methoxy groups -OCH3 is 1. The van der Waals surface area contributed by atoms with Crippen LogP contribution in [-0.4, -0.2) is 42.4 Å². The van der Waals surface area contributed by atoms with Crippen molar-refractivity contribution in [3.05, 3.63) is 18.2 Å². The van der Waals surface area contributed by atoms with E-state index in [1.807, 2.05) is 18.2 Å². The van der Waals surface area contributed by atoms with Crippen molar-refractivity contribution in [3.63, 3.8) is 0 Å². The number of benzene rings is 1. The molecule has 0 bridgehead atoms. The van der Waals surface area contributed by atoms with Gasteiger partial charge >= 0.3 is 5.97 Å². The van der Waals surface area contributed by atoms with E-state index in [-0.39, 0.29) is 17.8 Å². The van der Waals surface area contributed by atoms with Crippen molar-refractivity contribution in [1.29, 1.82) is 0 Å². The van der Waals surface area contributed by atoms with Gasteiger partial charge < -0.3 is 14.8 Å². The van der Waals surface area contributed by atoms with Gasteiger partial charge in [0.1, 0.15) is 6.61 Å². The average Bonchev–Trinajstić information content (AvgIpc) is 3.07. The zero-order valence-corrected chi connectivity index (χ0v) is 17.2. The van der Waals surface area contributed by atoms with Gasteiger partial charge in [-0.3, -0.25) is 9.59 Å². The van der Waals surface area contributed by atoms with Gasteiger partial charge in [-0.15, -0.1) is 11.3 Å². The first-order chi connectivity index (χ1) is 13.0. The molecule has 1 aliphatic carbocycles. The summed E-state index contributed by atoms with van der Waals surface area (Å²) in [6, 6.07) is 5.80. The number of rotatable bonds is 7. The van der Waals surface area contributed by atoms with Gasteiger partial charge in [0.15, 0.2) is 4.34 Å². The fraction of sp³-hybridized carbons (Fsp3) is 0.526. The fourth-order valence-electron chi connectivity index (χ4n) is 3.16. The number of amides is 1. The number of hydrogen-bond acceptors (Lipinski definition) is 7. The van der Waals surface area contributed by atoms with Crippen LogP contribution in [0.3, 0.4) is 0 Å². The van der Waals surface area contributed by atoms with E-state index in [4.69, 9.17) is 9.47 Å². The number of carbonyl (C=O) groups excluding carboxylic acids is 2. The van der Waals surface area contributed by atoms with E-state index in [0.29, 0.717) is 18.5 Å². The van der Waals surface area contributed by atoms with E-state index < -0.39 is 0 Å². The van der Waals surface area contributed by atoms with Crippen LogP contribution < -0.4 is 5.32 Å². The van der Waals surface area contributed by atoms with Gasteiger partial charge in [0.2, 0.25) is 5.91 Å². The molecule has 146 valence electrons. The van der Waals surface area contributed by atoms with E-state index in [1.165, 1.54) is 6.92 Å². The molecule has 3 rings (SSSR count). The Morgan fingerprint density at radius 2 is 2.07 bits per heavy atom. The smallest absolute Gasteiger partial charge is 0.302 e. The van der Waals surface area contributed by atoms with Crippen molar-refractivity contribution >= 4 is 50.9 Å². The zero-order valence-electron chi connectivity index (χ0n) is 15.5. The van der Waals surface area contributed by atoms with Crippen LogP contribution in [0.2, 0.25) is 0 Å². The van der Waals surface area contributed by atoms with Crippen LogP contribution in [0.15, 0.2) is 22.5 Å².